The number of hydrogen-bond acceptors (Lipinski definition) is 0. The first-order valence-electron chi connectivity index (χ1n) is 6.88. The maximum atomic E-state index is 2.35. The van der Waals surface area contributed by atoms with Crippen LogP contribution in [0.3, 0.4) is 0 Å². The molecule has 3 rings (SSSR count). The molecule has 0 saturated heterocycles. The zero-order valence-electron chi connectivity index (χ0n) is 11.5. The molecule has 0 unspecified atom stereocenters. The summed E-state index contributed by atoms with van der Waals surface area (Å²) in [7, 11) is 0. The molecule has 0 atom stereocenters. The Morgan fingerprint density at radius 3 is 2.16 bits per heavy atom. The molecule has 19 heavy (non-hydrogen) atoms. The Morgan fingerprint density at radius 2 is 1.47 bits per heavy atom. The van der Waals surface area contributed by atoms with Gasteiger partial charge < -0.3 is 0 Å². The highest BCUT2D eigenvalue weighted by atomic mass is 14.2. The summed E-state index contributed by atoms with van der Waals surface area (Å²) in [4.78, 5) is 0. The minimum Gasteiger partial charge on any atom is -0.0657 e. The largest absolute Gasteiger partial charge is 0.0657 e. The zero-order chi connectivity index (χ0) is 13.2. The monoisotopic (exact) mass is 246 g/mol. The third-order valence-corrected chi connectivity index (χ3v) is 3.87. The predicted octanol–water partition coefficient (Wildman–Crippen LogP) is 5.32. The summed E-state index contributed by atoms with van der Waals surface area (Å²) >= 11 is 0. The molecule has 0 heterocycles. The van der Waals surface area contributed by atoms with Gasteiger partial charge in [0, 0.05) is 0 Å². The van der Waals surface area contributed by atoms with E-state index in [1.54, 1.807) is 0 Å². The lowest BCUT2D eigenvalue weighted by Crippen LogP contribution is -1.86. The summed E-state index contributed by atoms with van der Waals surface area (Å²) in [5, 5.41) is 0. The minimum atomic E-state index is 1.10. The molecule has 0 aliphatic heterocycles. The number of benzene rings is 2. The lowest BCUT2D eigenvalue weighted by atomic mass is 9.98. The van der Waals surface area contributed by atoms with E-state index in [0.29, 0.717) is 0 Å². The molecule has 0 spiro atoms. The molecule has 0 N–H and O–H groups in total. The fraction of sp³-hybridized carbons (Fsp3) is 0.158. The van der Waals surface area contributed by atoms with Crippen molar-refractivity contribution >= 4 is 11.1 Å². The third-order valence-electron chi connectivity index (χ3n) is 3.87. The van der Waals surface area contributed by atoms with Gasteiger partial charge in [0.1, 0.15) is 0 Å². The molecule has 1 aliphatic carbocycles. The van der Waals surface area contributed by atoms with Gasteiger partial charge in [-0.05, 0) is 47.3 Å². The van der Waals surface area contributed by atoms with Crippen molar-refractivity contribution in [3.63, 3.8) is 0 Å². The van der Waals surface area contributed by atoms with Crippen molar-refractivity contribution < 1.29 is 0 Å². The Kier molecular flexibility index (Phi) is 3.08. The summed E-state index contributed by atoms with van der Waals surface area (Å²) in [6.07, 6.45) is 3.45. The van der Waals surface area contributed by atoms with Crippen molar-refractivity contribution in [3.8, 4) is 0 Å². The van der Waals surface area contributed by atoms with Crippen LogP contribution in [-0.2, 0) is 0 Å². The Balaban J connectivity index is 2.22. The Hall–Kier alpha value is -2.08. The first-order valence-corrected chi connectivity index (χ1v) is 6.88. The van der Waals surface area contributed by atoms with Crippen LogP contribution in [0.15, 0.2) is 66.2 Å². The average Bonchev–Trinajstić information content (AvgIpc) is 2.87. The number of allylic oxidation sites excluding steroid dienone is 3. The van der Waals surface area contributed by atoms with Gasteiger partial charge in [0.05, 0.1) is 0 Å². The molecule has 0 saturated carbocycles. The maximum absolute atomic E-state index is 2.35. The highest BCUT2D eigenvalue weighted by Crippen LogP contribution is 2.40. The van der Waals surface area contributed by atoms with Gasteiger partial charge in [-0.1, -0.05) is 67.1 Å². The van der Waals surface area contributed by atoms with Gasteiger partial charge in [-0.3, -0.25) is 0 Å². The Bertz CT molecular complexity index is 657. The van der Waals surface area contributed by atoms with Crippen molar-refractivity contribution in [1.82, 2.24) is 0 Å². The first-order chi connectivity index (χ1) is 9.31. The molecule has 94 valence electrons. The van der Waals surface area contributed by atoms with Gasteiger partial charge in [-0.25, -0.2) is 0 Å². The van der Waals surface area contributed by atoms with Gasteiger partial charge in [0.2, 0.25) is 0 Å². The van der Waals surface area contributed by atoms with Gasteiger partial charge in [0.15, 0.2) is 0 Å². The van der Waals surface area contributed by atoms with E-state index >= 15 is 0 Å². The smallest absolute Gasteiger partial charge is 0.00990 e. The van der Waals surface area contributed by atoms with Crippen molar-refractivity contribution in [2.24, 2.45) is 0 Å². The van der Waals surface area contributed by atoms with Crippen LogP contribution in [-0.4, -0.2) is 0 Å². The Labute approximate surface area is 115 Å². The summed E-state index contributed by atoms with van der Waals surface area (Å²) < 4.78 is 0. The molecule has 0 aromatic heterocycles. The van der Waals surface area contributed by atoms with E-state index in [2.05, 4.69) is 74.5 Å². The van der Waals surface area contributed by atoms with E-state index in [9.17, 15) is 0 Å². The standard InChI is InChI=1S/C19H18/c1-3-14(2)18-13-19(15-9-5-4-6-10-15)17-12-8-7-11-16(17)18/h4-13H,3H2,1-2H3/b18-14-. The molecule has 0 heteroatoms. The van der Waals surface area contributed by atoms with E-state index < -0.39 is 0 Å². The topological polar surface area (TPSA) is 0 Å². The van der Waals surface area contributed by atoms with E-state index in [1.807, 2.05) is 0 Å². The van der Waals surface area contributed by atoms with Crippen LogP contribution < -0.4 is 0 Å². The fourth-order valence-electron chi connectivity index (χ4n) is 2.65. The van der Waals surface area contributed by atoms with Crippen molar-refractivity contribution in [2.75, 3.05) is 0 Å². The maximum Gasteiger partial charge on any atom is -0.00990 e. The van der Waals surface area contributed by atoms with Crippen molar-refractivity contribution in [2.45, 2.75) is 20.3 Å². The molecule has 0 radical (unpaired) electrons. The predicted molar refractivity (Wildman–Crippen MR) is 82.8 cm³/mol. The van der Waals surface area contributed by atoms with Crippen LogP contribution in [0.1, 0.15) is 37.0 Å². The number of rotatable bonds is 2. The molecule has 0 amide bonds. The molecule has 0 bridgehead atoms. The summed E-state index contributed by atoms with van der Waals surface area (Å²) in [5.41, 5.74) is 8.24. The van der Waals surface area contributed by atoms with E-state index in [0.717, 1.165) is 6.42 Å². The van der Waals surface area contributed by atoms with Crippen LogP contribution >= 0.6 is 0 Å². The zero-order valence-corrected chi connectivity index (χ0v) is 11.5. The Morgan fingerprint density at radius 1 is 0.842 bits per heavy atom. The second kappa shape index (κ2) is 4.89. The number of hydrogen-bond donors (Lipinski definition) is 0. The average molecular weight is 246 g/mol. The second-order valence-corrected chi connectivity index (χ2v) is 5.02. The molecule has 1 aliphatic rings. The van der Waals surface area contributed by atoms with E-state index in [4.69, 9.17) is 0 Å². The van der Waals surface area contributed by atoms with Crippen LogP contribution in [0, 0.1) is 0 Å². The molecule has 0 fully saturated rings. The molecular weight excluding hydrogens is 228 g/mol. The molecule has 0 nitrogen and oxygen atoms in total. The van der Waals surface area contributed by atoms with E-state index in [-0.39, 0.29) is 0 Å². The highest BCUT2D eigenvalue weighted by Gasteiger charge is 2.19. The lowest BCUT2D eigenvalue weighted by Gasteiger charge is -2.06. The summed E-state index contributed by atoms with van der Waals surface area (Å²) in [5.74, 6) is 0. The molecular formula is C19H18. The van der Waals surface area contributed by atoms with Crippen LogP contribution in [0.2, 0.25) is 0 Å². The minimum absolute atomic E-state index is 1.10. The second-order valence-electron chi connectivity index (χ2n) is 5.02. The molecule has 2 aromatic rings. The van der Waals surface area contributed by atoms with Crippen molar-refractivity contribution in [3.05, 3.63) is 82.9 Å². The highest BCUT2D eigenvalue weighted by molar-refractivity contribution is 6.01. The van der Waals surface area contributed by atoms with Crippen LogP contribution in [0.25, 0.3) is 11.1 Å². The quantitative estimate of drug-likeness (QED) is 0.673. The van der Waals surface area contributed by atoms with Gasteiger partial charge in [0.25, 0.3) is 0 Å². The van der Waals surface area contributed by atoms with Gasteiger partial charge >= 0.3 is 0 Å². The van der Waals surface area contributed by atoms with E-state index in [1.165, 1.54) is 33.4 Å². The van der Waals surface area contributed by atoms with Crippen molar-refractivity contribution in [1.29, 1.82) is 0 Å². The summed E-state index contributed by atoms with van der Waals surface area (Å²) in [6.45, 7) is 4.45. The van der Waals surface area contributed by atoms with Gasteiger partial charge in [-0.15, -0.1) is 0 Å². The number of fused-ring (bicyclic) bond motifs is 1. The normalized spacial score (nSPS) is 16.0. The lowest BCUT2D eigenvalue weighted by molar-refractivity contribution is 1.11. The van der Waals surface area contributed by atoms with Crippen LogP contribution in [0.5, 0.6) is 0 Å². The fourth-order valence-corrected chi connectivity index (χ4v) is 2.65. The third kappa shape index (κ3) is 2.04. The first kappa shape index (κ1) is 12.0. The summed E-state index contributed by atoms with van der Waals surface area (Å²) in [6, 6.07) is 19.4. The van der Waals surface area contributed by atoms with Crippen LogP contribution in [0.4, 0.5) is 0 Å². The molecule has 2 aromatic carbocycles. The van der Waals surface area contributed by atoms with Gasteiger partial charge in [-0.2, -0.15) is 0 Å². The SMILES string of the molecule is CC/C(C)=C1/C=C(c2ccccc2)c2ccccc21.